The first-order valence-electron chi connectivity index (χ1n) is 4.45. The van der Waals surface area contributed by atoms with Crippen molar-refractivity contribution in [2.75, 3.05) is 0 Å². The molecule has 1 aliphatic rings. The summed E-state index contributed by atoms with van der Waals surface area (Å²) in [6.45, 7) is 0. The first kappa shape index (κ1) is 10.6. The molecule has 0 atom stereocenters. The van der Waals surface area contributed by atoms with Gasteiger partial charge in [-0.2, -0.15) is 0 Å². The van der Waals surface area contributed by atoms with Crippen LogP contribution in [0.1, 0.15) is 5.56 Å². The number of Topliss-reactive ketones (excluding diaryl/α,β-unsaturated/α-hetero) is 2. The quantitative estimate of drug-likeness (QED) is 0.582. The highest BCUT2D eigenvalue weighted by molar-refractivity contribution is 6.71. The zero-order valence-corrected chi connectivity index (χ0v) is 8.75. The number of hydrogen-bond acceptors (Lipinski definition) is 3. The molecule has 0 unspecified atom stereocenters. The van der Waals surface area contributed by atoms with Gasteiger partial charge in [-0.25, -0.2) is 0 Å². The topological polar surface area (TPSA) is 63.2 Å². The van der Waals surface area contributed by atoms with Gasteiger partial charge in [0.05, 0.1) is 5.70 Å². The van der Waals surface area contributed by atoms with E-state index in [2.05, 4.69) is 5.32 Å². The van der Waals surface area contributed by atoms with E-state index in [1.54, 1.807) is 24.3 Å². The lowest BCUT2D eigenvalue weighted by atomic mass is 10.1. The normalized spacial score (nSPS) is 18.1. The van der Waals surface area contributed by atoms with Gasteiger partial charge in [-0.1, -0.05) is 23.7 Å². The number of rotatable bonds is 1. The third-order valence-electron chi connectivity index (χ3n) is 2.09. The van der Waals surface area contributed by atoms with Gasteiger partial charge in [0.15, 0.2) is 0 Å². The molecule has 1 heterocycles. The predicted octanol–water partition coefficient (Wildman–Crippen LogP) is 0.949. The maximum Gasteiger partial charge on any atom is 0.300 e. The molecular weight excluding hydrogens is 230 g/mol. The molecule has 1 aliphatic heterocycles. The average molecular weight is 236 g/mol. The molecule has 1 aromatic rings. The average Bonchev–Trinajstić information content (AvgIpc) is 2.50. The monoisotopic (exact) mass is 235 g/mol. The molecule has 1 N–H and O–H groups in total. The fraction of sp³-hybridized carbons (Fsp3) is 0. The molecule has 0 bridgehead atoms. The van der Waals surface area contributed by atoms with Gasteiger partial charge >= 0.3 is 5.91 Å². The van der Waals surface area contributed by atoms with E-state index in [4.69, 9.17) is 11.6 Å². The van der Waals surface area contributed by atoms with E-state index in [1.807, 2.05) is 0 Å². The fourth-order valence-corrected chi connectivity index (χ4v) is 1.41. The van der Waals surface area contributed by atoms with Crippen molar-refractivity contribution < 1.29 is 14.4 Å². The van der Waals surface area contributed by atoms with Gasteiger partial charge in [0, 0.05) is 5.02 Å². The van der Waals surface area contributed by atoms with E-state index < -0.39 is 17.5 Å². The third kappa shape index (κ3) is 1.87. The fourth-order valence-electron chi connectivity index (χ4n) is 1.29. The summed E-state index contributed by atoms with van der Waals surface area (Å²) in [6.07, 6.45) is 1.43. The standard InChI is InChI=1S/C11H6ClNO3/c12-7-3-1-6(2-4-7)5-8-9(14)10(15)11(16)13-8/h1-5H,(H,13,16). The van der Waals surface area contributed by atoms with E-state index in [-0.39, 0.29) is 5.70 Å². The molecule has 80 valence electrons. The van der Waals surface area contributed by atoms with Gasteiger partial charge in [0.2, 0.25) is 0 Å². The SMILES string of the molecule is O=C1NC(=Cc2ccc(Cl)cc2)C(=O)C1=O. The van der Waals surface area contributed by atoms with Crippen LogP contribution in [0.5, 0.6) is 0 Å². The maximum atomic E-state index is 11.3. The van der Waals surface area contributed by atoms with E-state index in [1.165, 1.54) is 6.08 Å². The lowest BCUT2D eigenvalue weighted by molar-refractivity contribution is -0.140. The lowest BCUT2D eigenvalue weighted by Gasteiger charge is -1.96. The summed E-state index contributed by atoms with van der Waals surface area (Å²) < 4.78 is 0. The summed E-state index contributed by atoms with van der Waals surface area (Å²) in [5.41, 5.74) is 0.681. The van der Waals surface area contributed by atoms with E-state index in [9.17, 15) is 14.4 Å². The Morgan fingerprint density at radius 2 is 1.62 bits per heavy atom. The third-order valence-corrected chi connectivity index (χ3v) is 2.34. The summed E-state index contributed by atoms with van der Waals surface area (Å²) in [4.78, 5) is 33.1. The molecule has 1 aromatic carbocycles. The summed E-state index contributed by atoms with van der Waals surface area (Å²) in [5.74, 6) is -2.72. The van der Waals surface area contributed by atoms with E-state index in [0.717, 1.165) is 0 Å². The maximum absolute atomic E-state index is 11.3. The van der Waals surface area contributed by atoms with Crippen molar-refractivity contribution in [1.82, 2.24) is 5.32 Å². The second-order valence-electron chi connectivity index (χ2n) is 3.22. The molecule has 0 radical (unpaired) electrons. The lowest BCUT2D eigenvalue weighted by Crippen LogP contribution is -2.18. The second kappa shape index (κ2) is 3.90. The number of nitrogens with one attached hydrogen (secondary N) is 1. The Kier molecular flexibility index (Phi) is 2.58. The Labute approximate surface area is 95.9 Å². The van der Waals surface area contributed by atoms with Gasteiger partial charge in [-0.15, -0.1) is 0 Å². The van der Waals surface area contributed by atoms with Crippen molar-refractivity contribution in [3.05, 3.63) is 40.5 Å². The number of benzene rings is 1. The Balaban J connectivity index is 2.32. The van der Waals surface area contributed by atoms with Crippen LogP contribution in [0.2, 0.25) is 5.02 Å². The molecule has 2 rings (SSSR count). The molecule has 1 saturated heterocycles. The van der Waals surface area contributed by atoms with Gasteiger partial charge in [0.25, 0.3) is 11.6 Å². The summed E-state index contributed by atoms with van der Waals surface area (Å²) in [5, 5.41) is 2.78. The largest absolute Gasteiger partial charge is 0.316 e. The molecular formula is C11H6ClNO3. The number of ketones is 2. The molecule has 0 saturated carbocycles. The minimum Gasteiger partial charge on any atom is -0.316 e. The van der Waals surface area contributed by atoms with Crippen LogP contribution < -0.4 is 5.32 Å². The summed E-state index contributed by atoms with van der Waals surface area (Å²) in [6, 6.07) is 6.66. The molecule has 4 nitrogen and oxygen atoms in total. The van der Waals surface area contributed by atoms with Gasteiger partial charge < -0.3 is 5.32 Å². The van der Waals surface area contributed by atoms with E-state index >= 15 is 0 Å². The van der Waals surface area contributed by atoms with Crippen LogP contribution in [-0.4, -0.2) is 17.5 Å². The molecule has 0 spiro atoms. The van der Waals surface area contributed by atoms with Crippen molar-refractivity contribution in [1.29, 1.82) is 0 Å². The molecule has 0 aromatic heterocycles. The van der Waals surface area contributed by atoms with Crippen LogP contribution in [0.15, 0.2) is 30.0 Å². The van der Waals surface area contributed by atoms with Crippen LogP contribution in [0, 0.1) is 0 Å². The highest BCUT2D eigenvalue weighted by atomic mass is 35.5. The predicted molar refractivity (Wildman–Crippen MR) is 57.6 cm³/mol. The minimum atomic E-state index is -1.03. The van der Waals surface area contributed by atoms with Gasteiger partial charge in [0.1, 0.15) is 0 Å². The highest BCUT2D eigenvalue weighted by Gasteiger charge is 2.34. The molecule has 5 heteroatoms. The number of carbonyl (C=O) groups excluding carboxylic acids is 3. The van der Waals surface area contributed by atoms with E-state index in [0.29, 0.717) is 10.6 Å². The number of amides is 1. The second-order valence-corrected chi connectivity index (χ2v) is 3.66. The zero-order valence-electron chi connectivity index (χ0n) is 7.99. The van der Waals surface area contributed by atoms with Crippen LogP contribution in [0.4, 0.5) is 0 Å². The number of halogens is 1. The van der Waals surface area contributed by atoms with Crippen LogP contribution in [0.3, 0.4) is 0 Å². The molecule has 1 amide bonds. The molecule has 16 heavy (non-hydrogen) atoms. The Morgan fingerprint density at radius 3 is 2.12 bits per heavy atom. The highest BCUT2D eigenvalue weighted by Crippen LogP contribution is 2.13. The smallest absolute Gasteiger partial charge is 0.300 e. The number of carbonyl (C=O) groups is 3. The summed E-state index contributed by atoms with van der Waals surface area (Å²) >= 11 is 5.69. The van der Waals surface area contributed by atoms with Crippen molar-refractivity contribution in [2.45, 2.75) is 0 Å². The van der Waals surface area contributed by atoms with Gasteiger partial charge in [-0.05, 0) is 23.8 Å². The number of allylic oxidation sites excluding steroid dienone is 1. The van der Waals surface area contributed by atoms with Crippen molar-refractivity contribution in [2.24, 2.45) is 0 Å². The van der Waals surface area contributed by atoms with Crippen LogP contribution in [0.25, 0.3) is 6.08 Å². The Bertz CT molecular complexity index is 517. The summed E-state index contributed by atoms with van der Waals surface area (Å²) in [7, 11) is 0. The number of hydrogen-bond donors (Lipinski definition) is 1. The first-order valence-corrected chi connectivity index (χ1v) is 4.83. The molecule has 0 aliphatic carbocycles. The zero-order chi connectivity index (χ0) is 11.7. The van der Waals surface area contributed by atoms with Crippen molar-refractivity contribution in [3.8, 4) is 0 Å². The Hall–Kier alpha value is -1.94. The van der Waals surface area contributed by atoms with Crippen molar-refractivity contribution >= 4 is 35.2 Å². The Morgan fingerprint density at radius 1 is 1.00 bits per heavy atom. The minimum absolute atomic E-state index is 0.00248. The van der Waals surface area contributed by atoms with Crippen LogP contribution in [-0.2, 0) is 14.4 Å². The first-order chi connectivity index (χ1) is 7.58. The van der Waals surface area contributed by atoms with Crippen molar-refractivity contribution in [3.63, 3.8) is 0 Å². The van der Waals surface area contributed by atoms with Crippen LogP contribution >= 0.6 is 11.6 Å². The van der Waals surface area contributed by atoms with Gasteiger partial charge in [-0.3, -0.25) is 14.4 Å². The molecule has 1 fully saturated rings.